The lowest BCUT2D eigenvalue weighted by Gasteiger charge is -2.15. The van der Waals surface area contributed by atoms with Gasteiger partial charge >= 0.3 is 0 Å². The first-order valence-corrected chi connectivity index (χ1v) is 8.72. The number of rotatable bonds is 10. The normalized spacial score (nSPS) is 27.4. The van der Waals surface area contributed by atoms with Crippen LogP contribution < -0.4 is 0 Å². The highest BCUT2D eigenvalue weighted by atomic mass is 16.5. The summed E-state index contributed by atoms with van der Waals surface area (Å²) in [4.78, 5) is 0. The van der Waals surface area contributed by atoms with Crippen LogP contribution in [0, 0.1) is 19.3 Å². The van der Waals surface area contributed by atoms with Crippen molar-refractivity contribution in [3.63, 3.8) is 0 Å². The molecule has 0 bridgehead atoms. The van der Waals surface area contributed by atoms with Gasteiger partial charge in [-0.05, 0) is 63.7 Å². The maximum Gasteiger partial charge on any atom is 0.0578 e. The molecule has 2 fully saturated rings. The molecule has 0 aliphatic heterocycles. The molecule has 0 aromatic rings. The lowest BCUT2D eigenvalue weighted by molar-refractivity contribution is 0.0408. The number of unbranched alkanes of at least 4 members (excludes halogenated alkanes) is 3. The minimum atomic E-state index is 0.525. The summed E-state index contributed by atoms with van der Waals surface area (Å²) in [6.45, 7) is 5.78. The maximum atomic E-state index is 5.99. The van der Waals surface area contributed by atoms with Gasteiger partial charge < -0.3 is 9.47 Å². The molecule has 0 aromatic heterocycles. The molecule has 0 spiro atoms. The molecule has 2 saturated carbocycles. The minimum Gasteiger partial charge on any atom is -0.378 e. The van der Waals surface area contributed by atoms with Crippen molar-refractivity contribution in [2.24, 2.45) is 5.92 Å². The van der Waals surface area contributed by atoms with E-state index in [0.29, 0.717) is 12.2 Å². The summed E-state index contributed by atoms with van der Waals surface area (Å²) in [5.74, 6) is 0.838. The molecule has 2 heteroatoms. The minimum absolute atomic E-state index is 0.525. The van der Waals surface area contributed by atoms with Crippen LogP contribution >= 0.6 is 0 Å². The van der Waals surface area contributed by atoms with Crippen LogP contribution in [0.3, 0.4) is 0 Å². The molecule has 20 heavy (non-hydrogen) atoms. The van der Waals surface area contributed by atoms with Gasteiger partial charge in [0.25, 0.3) is 0 Å². The molecule has 0 aromatic carbocycles. The van der Waals surface area contributed by atoms with E-state index in [2.05, 4.69) is 13.3 Å². The van der Waals surface area contributed by atoms with E-state index >= 15 is 0 Å². The van der Waals surface area contributed by atoms with E-state index in [1.54, 1.807) is 0 Å². The lowest BCUT2D eigenvalue weighted by Crippen LogP contribution is -2.12. The smallest absolute Gasteiger partial charge is 0.0578 e. The fraction of sp³-hybridized carbons (Fsp3) is 0.889. The Labute approximate surface area is 125 Å². The third-order valence-electron chi connectivity index (χ3n) is 4.74. The van der Waals surface area contributed by atoms with Crippen molar-refractivity contribution in [1.29, 1.82) is 0 Å². The van der Waals surface area contributed by atoms with Crippen LogP contribution in [0.4, 0.5) is 0 Å². The molecule has 3 unspecified atom stereocenters. The summed E-state index contributed by atoms with van der Waals surface area (Å²) in [5.41, 5.74) is 0. The van der Waals surface area contributed by atoms with Crippen molar-refractivity contribution < 1.29 is 9.47 Å². The second-order valence-corrected chi connectivity index (χ2v) is 6.47. The molecule has 2 aliphatic carbocycles. The molecular weight excluding hydrogens is 248 g/mol. The van der Waals surface area contributed by atoms with E-state index in [9.17, 15) is 0 Å². The fourth-order valence-corrected chi connectivity index (χ4v) is 3.43. The van der Waals surface area contributed by atoms with Crippen LogP contribution in [0.15, 0.2) is 0 Å². The Hall–Kier alpha value is -0.0800. The van der Waals surface area contributed by atoms with E-state index in [0.717, 1.165) is 25.6 Å². The summed E-state index contributed by atoms with van der Waals surface area (Å²) in [6.07, 6.45) is 16.9. The van der Waals surface area contributed by atoms with Crippen molar-refractivity contribution in [2.45, 2.75) is 82.8 Å². The van der Waals surface area contributed by atoms with Crippen molar-refractivity contribution >= 4 is 0 Å². The zero-order chi connectivity index (χ0) is 14.0. The third kappa shape index (κ3) is 6.13. The highest BCUT2D eigenvalue weighted by Gasteiger charge is 2.25. The van der Waals surface area contributed by atoms with Crippen molar-refractivity contribution in [2.75, 3.05) is 13.2 Å². The Bertz CT molecular complexity index is 236. The van der Waals surface area contributed by atoms with Gasteiger partial charge in [-0.2, -0.15) is 0 Å². The molecule has 2 rings (SSSR count). The topological polar surface area (TPSA) is 18.5 Å². The van der Waals surface area contributed by atoms with Crippen molar-refractivity contribution in [1.82, 2.24) is 0 Å². The van der Waals surface area contributed by atoms with Crippen molar-refractivity contribution in [3.8, 4) is 0 Å². The van der Waals surface area contributed by atoms with Crippen LogP contribution in [0.2, 0.25) is 0 Å². The summed E-state index contributed by atoms with van der Waals surface area (Å²) >= 11 is 0. The standard InChI is InChI=1S/C18H32O2/c1-2-3-4-7-13-19-18-11-10-16(15-18)12-14-20-17-8-5-6-9-17/h5,16-18H,1-4,6-15H2. The average Bonchev–Trinajstić information content (AvgIpc) is 3.11. The van der Waals surface area contributed by atoms with Gasteiger partial charge in [0.15, 0.2) is 0 Å². The van der Waals surface area contributed by atoms with Crippen molar-refractivity contribution in [3.05, 3.63) is 13.3 Å². The molecule has 0 heterocycles. The fourth-order valence-electron chi connectivity index (χ4n) is 3.43. The molecule has 2 nitrogen and oxygen atoms in total. The molecular formula is C18H32O2. The van der Waals surface area contributed by atoms with Gasteiger partial charge in [0.2, 0.25) is 0 Å². The summed E-state index contributed by atoms with van der Waals surface area (Å²) in [6, 6.07) is 0. The van der Waals surface area contributed by atoms with Crippen LogP contribution in [0.1, 0.15) is 70.6 Å². The summed E-state index contributed by atoms with van der Waals surface area (Å²) in [7, 11) is 0. The first-order valence-electron chi connectivity index (χ1n) is 8.72. The highest BCUT2D eigenvalue weighted by Crippen LogP contribution is 2.31. The van der Waals surface area contributed by atoms with Crippen LogP contribution in [-0.4, -0.2) is 25.4 Å². The van der Waals surface area contributed by atoms with E-state index in [1.165, 1.54) is 64.2 Å². The second-order valence-electron chi connectivity index (χ2n) is 6.47. The van der Waals surface area contributed by atoms with Gasteiger partial charge in [-0.3, -0.25) is 0 Å². The summed E-state index contributed by atoms with van der Waals surface area (Å²) in [5, 5.41) is 0. The molecule has 116 valence electrons. The van der Waals surface area contributed by atoms with Gasteiger partial charge in [0, 0.05) is 13.2 Å². The Morgan fingerprint density at radius 2 is 1.85 bits per heavy atom. The van der Waals surface area contributed by atoms with Gasteiger partial charge in [0.05, 0.1) is 12.2 Å². The third-order valence-corrected chi connectivity index (χ3v) is 4.74. The van der Waals surface area contributed by atoms with Gasteiger partial charge in [0.1, 0.15) is 0 Å². The highest BCUT2D eigenvalue weighted by molar-refractivity contribution is 4.81. The zero-order valence-electron chi connectivity index (χ0n) is 13.0. The van der Waals surface area contributed by atoms with Gasteiger partial charge in [-0.1, -0.05) is 26.2 Å². The van der Waals surface area contributed by atoms with E-state index < -0.39 is 0 Å². The molecule has 2 aliphatic rings. The van der Waals surface area contributed by atoms with Crippen LogP contribution in [0.5, 0.6) is 0 Å². The number of hydrogen-bond acceptors (Lipinski definition) is 2. The predicted molar refractivity (Wildman–Crippen MR) is 83.4 cm³/mol. The number of ether oxygens (including phenoxy) is 2. The molecule has 3 atom stereocenters. The largest absolute Gasteiger partial charge is 0.378 e. The predicted octanol–water partition coefficient (Wildman–Crippen LogP) is 4.73. The maximum absolute atomic E-state index is 5.99. The summed E-state index contributed by atoms with van der Waals surface area (Å²) < 4.78 is 11.9. The molecule has 0 N–H and O–H groups in total. The molecule has 2 radical (unpaired) electrons. The van der Waals surface area contributed by atoms with E-state index in [1.807, 2.05) is 0 Å². The average molecular weight is 280 g/mol. The Morgan fingerprint density at radius 3 is 2.65 bits per heavy atom. The van der Waals surface area contributed by atoms with E-state index in [4.69, 9.17) is 9.47 Å². The van der Waals surface area contributed by atoms with E-state index in [-0.39, 0.29) is 0 Å². The quantitative estimate of drug-likeness (QED) is 0.539. The Balaban J connectivity index is 1.45. The molecule has 0 saturated heterocycles. The first kappa shape index (κ1) is 16.3. The van der Waals surface area contributed by atoms with Crippen LogP contribution in [0.25, 0.3) is 0 Å². The monoisotopic (exact) mass is 280 g/mol. The van der Waals surface area contributed by atoms with Gasteiger partial charge in [-0.15, -0.1) is 0 Å². The Kier molecular flexibility index (Phi) is 7.97. The SMILES string of the molecule is [CH2]CCCCCOC1CCC(CCOC2C[CH]CC2)C1. The van der Waals surface area contributed by atoms with Crippen LogP contribution in [-0.2, 0) is 9.47 Å². The zero-order valence-corrected chi connectivity index (χ0v) is 13.0. The first-order chi connectivity index (χ1) is 9.88. The molecule has 0 amide bonds. The van der Waals surface area contributed by atoms with Gasteiger partial charge in [-0.25, -0.2) is 0 Å². The lowest BCUT2D eigenvalue weighted by atomic mass is 10.0. The second kappa shape index (κ2) is 9.78. The number of hydrogen-bond donors (Lipinski definition) is 0. The Morgan fingerprint density at radius 1 is 0.950 bits per heavy atom.